The lowest BCUT2D eigenvalue weighted by Crippen LogP contribution is -2.01. The van der Waals surface area contributed by atoms with Crippen molar-refractivity contribution in [2.45, 2.75) is 42.8 Å². The van der Waals surface area contributed by atoms with E-state index < -0.39 is 0 Å². The number of aromatic nitrogens is 3. The van der Waals surface area contributed by atoms with Gasteiger partial charge in [0.1, 0.15) is 5.82 Å². The van der Waals surface area contributed by atoms with Crippen molar-refractivity contribution in [3.05, 3.63) is 18.5 Å². The maximum atomic E-state index is 4.35. The first-order valence-electron chi connectivity index (χ1n) is 5.58. The van der Waals surface area contributed by atoms with Gasteiger partial charge in [-0.1, -0.05) is 17.8 Å². The molecule has 1 aromatic heterocycles. The summed E-state index contributed by atoms with van der Waals surface area (Å²) >= 11 is 1.75. The summed E-state index contributed by atoms with van der Waals surface area (Å²) in [5.41, 5.74) is 0. The molecule has 3 rings (SSSR count). The summed E-state index contributed by atoms with van der Waals surface area (Å²) < 4.78 is 2.38. The number of hydrogen-bond acceptors (Lipinski definition) is 3. The Bertz CT molecular complexity index is 377. The van der Waals surface area contributed by atoms with Gasteiger partial charge in [-0.3, -0.25) is 0 Å². The summed E-state index contributed by atoms with van der Waals surface area (Å²) in [5, 5.41) is 9.75. The van der Waals surface area contributed by atoms with Gasteiger partial charge in [0.05, 0.1) is 0 Å². The SMILES string of the molecule is C=CCSc1nnc(C2CC2)n1C1CC1. The van der Waals surface area contributed by atoms with E-state index in [0.29, 0.717) is 12.0 Å². The summed E-state index contributed by atoms with van der Waals surface area (Å²) in [4.78, 5) is 0. The van der Waals surface area contributed by atoms with Crippen LogP contribution in [0.4, 0.5) is 0 Å². The highest BCUT2D eigenvalue weighted by atomic mass is 32.2. The third-order valence-electron chi connectivity index (χ3n) is 2.88. The lowest BCUT2D eigenvalue weighted by Gasteiger charge is -2.06. The van der Waals surface area contributed by atoms with Crippen molar-refractivity contribution < 1.29 is 0 Å². The quantitative estimate of drug-likeness (QED) is 0.566. The zero-order valence-corrected chi connectivity index (χ0v) is 9.54. The zero-order chi connectivity index (χ0) is 10.3. The second-order valence-electron chi connectivity index (χ2n) is 4.32. The van der Waals surface area contributed by atoms with Gasteiger partial charge in [-0.15, -0.1) is 16.8 Å². The number of thioether (sulfide) groups is 1. The van der Waals surface area contributed by atoms with Crippen LogP contribution >= 0.6 is 11.8 Å². The largest absolute Gasteiger partial charge is 0.303 e. The fourth-order valence-electron chi connectivity index (χ4n) is 1.82. The highest BCUT2D eigenvalue weighted by molar-refractivity contribution is 7.99. The molecule has 4 heteroatoms. The smallest absolute Gasteiger partial charge is 0.191 e. The first-order valence-corrected chi connectivity index (χ1v) is 6.57. The number of hydrogen-bond donors (Lipinski definition) is 0. The molecule has 2 fully saturated rings. The van der Waals surface area contributed by atoms with Crippen molar-refractivity contribution >= 4 is 11.8 Å². The lowest BCUT2D eigenvalue weighted by molar-refractivity contribution is 0.627. The fraction of sp³-hybridized carbons (Fsp3) is 0.636. The fourth-order valence-corrected chi connectivity index (χ4v) is 2.56. The normalized spacial score (nSPS) is 20.5. The number of rotatable bonds is 5. The Hall–Kier alpha value is -0.770. The van der Waals surface area contributed by atoms with Gasteiger partial charge in [0.15, 0.2) is 5.16 Å². The van der Waals surface area contributed by atoms with E-state index in [1.165, 1.54) is 31.5 Å². The van der Waals surface area contributed by atoms with Crippen LogP contribution in [-0.4, -0.2) is 20.5 Å². The standard InChI is InChI=1S/C11H15N3S/c1-2-7-15-11-13-12-10(8-3-4-8)14(11)9-5-6-9/h2,8-9H,1,3-7H2. The van der Waals surface area contributed by atoms with Crippen LogP contribution in [0, 0.1) is 0 Å². The molecule has 2 saturated carbocycles. The molecule has 80 valence electrons. The van der Waals surface area contributed by atoms with Crippen molar-refractivity contribution in [3.63, 3.8) is 0 Å². The van der Waals surface area contributed by atoms with Crippen LogP contribution < -0.4 is 0 Å². The van der Waals surface area contributed by atoms with Gasteiger partial charge in [-0.25, -0.2) is 0 Å². The molecule has 1 heterocycles. The van der Waals surface area contributed by atoms with Crippen molar-refractivity contribution in [1.82, 2.24) is 14.8 Å². The third-order valence-corrected chi connectivity index (χ3v) is 3.81. The van der Waals surface area contributed by atoms with E-state index in [0.717, 1.165) is 10.9 Å². The monoisotopic (exact) mass is 221 g/mol. The van der Waals surface area contributed by atoms with Gasteiger partial charge in [-0.2, -0.15) is 0 Å². The second kappa shape index (κ2) is 3.67. The van der Waals surface area contributed by atoms with Crippen LogP contribution in [0.1, 0.15) is 43.5 Å². The van der Waals surface area contributed by atoms with E-state index in [9.17, 15) is 0 Å². The molecule has 0 radical (unpaired) electrons. The van der Waals surface area contributed by atoms with Crippen LogP contribution in [0.5, 0.6) is 0 Å². The van der Waals surface area contributed by atoms with Gasteiger partial charge in [0, 0.05) is 17.7 Å². The van der Waals surface area contributed by atoms with Crippen molar-refractivity contribution in [3.8, 4) is 0 Å². The van der Waals surface area contributed by atoms with Gasteiger partial charge >= 0.3 is 0 Å². The predicted octanol–water partition coefficient (Wildman–Crippen LogP) is 2.77. The van der Waals surface area contributed by atoms with Crippen molar-refractivity contribution in [1.29, 1.82) is 0 Å². The molecule has 0 aliphatic heterocycles. The molecule has 15 heavy (non-hydrogen) atoms. The molecule has 0 N–H and O–H groups in total. The second-order valence-corrected chi connectivity index (χ2v) is 5.30. The van der Waals surface area contributed by atoms with E-state index in [2.05, 4.69) is 21.3 Å². The highest BCUT2D eigenvalue weighted by Crippen LogP contribution is 2.45. The Labute approximate surface area is 94.0 Å². The summed E-state index contributed by atoms with van der Waals surface area (Å²) in [5.74, 6) is 2.87. The maximum absolute atomic E-state index is 4.35. The van der Waals surface area contributed by atoms with Crippen LogP contribution in [-0.2, 0) is 0 Å². The van der Waals surface area contributed by atoms with Gasteiger partial charge in [0.25, 0.3) is 0 Å². The molecule has 0 amide bonds. The van der Waals surface area contributed by atoms with Gasteiger partial charge < -0.3 is 4.57 Å². The Morgan fingerprint density at radius 3 is 2.73 bits per heavy atom. The van der Waals surface area contributed by atoms with E-state index in [1.807, 2.05) is 6.08 Å². The van der Waals surface area contributed by atoms with Crippen molar-refractivity contribution in [2.75, 3.05) is 5.75 Å². The topological polar surface area (TPSA) is 30.7 Å². The molecule has 2 aliphatic rings. The maximum Gasteiger partial charge on any atom is 0.191 e. The summed E-state index contributed by atoms with van der Waals surface area (Å²) in [6, 6.07) is 0.697. The van der Waals surface area contributed by atoms with Crippen LogP contribution in [0.2, 0.25) is 0 Å². The Morgan fingerprint density at radius 1 is 1.33 bits per heavy atom. The molecule has 3 nitrogen and oxygen atoms in total. The third kappa shape index (κ3) is 1.83. The molecule has 0 spiro atoms. The Kier molecular flexibility index (Phi) is 2.31. The Morgan fingerprint density at radius 2 is 2.13 bits per heavy atom. The molecule has 0 saturated heterocycles. The van der Waals surface area contributed by atoms with Gasteiger partial charge in [0.2, 0.25) is 0 Å². The Balaban J connectivity index is 1.87. The van der Waals surface area contributed by atoms with Crippen molar-refractivity contribution in [2.24, 2.45) is 0 Å². The lowest BCUT2D eigenvalue weighted by atomic mass is 10.4. The van der Waals surface area contributed by atoms with E-state index in [4.69, 9.17) is 0 Å². The molecule has 0 aromatic carbocycles. The summed E-state index contributed by atoms with van der Waals surface area (Å²) in [6.07, 6.45) is 7.14. The summed E-state index contributed by atoms with van der Waals surface area (Å²) in [6.45, 7) is 3.74. The molecule has 0 bridgehead atoms. The minimum atomic E-state index is 0.697. The molecular formula is C11H15N3S. The molecule has 0 atom stereocenters. The minimum Gasteiger partial charge on any atom is -0.303 e. The molecule has 0 unspecified atom stereocenters. The van der Waals surface area contributed by atoms with Crippen LogP contribution in [0.15, 0.2) is 17.8 Å². The summed E-state index contributed by atoms with van der Waals surface area (Å²) in [7, 11) is 0. The van der Waals surface area contributed by atoms with Crippen LogP contribution in [0.25, 0.3) is 0 Å². The van der Waals surface area contributed by atoms with E-state index in [-0.39, 0.29) is 0 Å². The average Bonchev–Trinajstić information content (AvgIpc) is 3.13. The molecular weight excluding hydrogens is 206 g/mol. The highest BCUT2D eigenvalue weighted by Gasteiger charge is 2.36. The molecule has 1 aromatic rings. The minimum absolute atomic E-state index is 0.697. The average molecular weight is 221 g/mol. The van der Waals surface area contributed by atoms with Gasteiger partial charge in [-0.05, 0) is 25.7 Å². The predicted molar refractivity (Wildman–Crippen MR) is 61.2 cm³/mol. The zero-order valence-electron chi connectivity index (χ0n) is 8.72. The van der Waals surface area contributed by atoms with E-state index >= 15 is 0 Å². The molecule has 2 aliphatic carbocycles. The number of nitrogens with zero attached hydrogens (tertiary/aromatic N) is 3. The van der Waals surface area contributed by atoms with E-state index in [1.54, 1.807) is 11.8 Å². The first-order chi connectivity index (χ1) is 7.40. The van der Waals surface area contributed by atoms with Crippen LogP contribution in [0.3, 0.4) is 0 Å². The first kappa shape index (κ1) is 9.46.